The molecule has 0 fully saturated rings. The summed E-state index contributed by atoms with van der Waals surface area (Å²) in [4.78, 5) is 3.66. The minimum absolute atomic E-state index is 0.00981. The molecule has 0 saturated carbocycles. The van der Waals surface area contributed by atoms with Gasteiger partial charge in [-0.2, -0.15) is 0 Å². The highest BCUT2D eigenvalue weighted by Gasteiger charge is 1.73. The second-order valence-corrected chi connectivity index (χ2v) is 1.24. The van der Waals surface area contributed by atoms with Gasteiger partial charge in [0.1, 0.15) is 0 Å². The number of pyridine rings is 1. The molecule has 0 bridgehead atoms. The summed E-state index contributed by atoms with van der Waals surface area (Å²) in [6, 6.07) is 1.56. The fourth-order valence-electron chi connectivity index (χ4n) is 0.321. The van der Waals surface area contributed by atoms with Gasteiger partial charge in [0.25, 0.3) is 0 Å². The zero-order chi connectivity index (χ0) is 7.72. The number of aryl methyl sites for hydroxylation is 1. The van der Waals surface area contributed by atoms with Crippen molar-refractivity contribution < 1.29 is 4.11 Å². The smallest absolute Gasteiger partial charge is 0.0840 e. The molecule has 1 aromatic heterocycles. The molecule has 1 heteroatoms. The zero-order valence-corrected chi connectivity index (χ0v) is 4.02. The monoisotopic (exact) mass is 96.1 g/mol. The van der Waals surface area contributed by atoms with Gasteiger partial charge in [0, 0.05) is 11.9 Å². The molecule has 1 rings (SSSR count). The third-order valence-electron chi connectivity index (χ3n) is 0.641. The third-order valence-corrected chi connectivity index (χ3v) is 0.641. The average molecular weight is 96.1 g/mol. The van der Waals surface area contributed by atoms with E-state index in [4.69, 9.17) is 4.11 Å². The van der Waals surface area contributed by atoms with Gasteiger partial charge in [0.05, 0.1) is 4.11 Å². The van der Waals surface area contributed by atoms with Gasteiger partial charge in [-0.15, -0.1) is 0 Å². The van der Waals surface area contributed by atoms with Gasteiger partial charge in [-0.25, -0.2) is 0 Å². The number of hydrogen-bond acceptors (Lipinski definition) is 1. The van der Waals surface area contributed by atoms with Crippen LogP contribution in [0.3, 0.4) is 0 Å². The fraction of sp³-hybridized carbons (Fsp3) is 0.167. The first kappa shape index (κ1) is 1.95. The largest absolute Gasteiger partial charge is 0.262 e. The minimum Gasteiger partial charge on any atom is -0.262 e. The Morgan fingerprint density at radius 2 is 2.71 bits per heavy atom. The van der Waals surface area contributed by atoms with Gasteiger partial charge in [-0.1, -0.05) is 6.07 Å². The van der Waals surface area contributed by atoms with Crippen molar-refractivity contribution >= 4 is 0 Å². The van der Waals surface area contributed by atoms with Gasteiger partial charge in [0.15, 0.2) is 0 Å². The standard InChI is InChI=1S/C6H7N/c1-6-4-2-3-5-7-6/h2-5H,1H3/i3D,4D,5D. The van der Waals surface area contributed by atoms with E-state index in [1.807, 2.05) is 0 Å². The summed E-state index contributed by atoms with van der Waals surface area (Å²) >= 11 is 0. The number of rotatable bonds is 0. The van der Waals surface area contributed by atoms with E-state index in [1.165, 1.54) is 6.07 Å². The van der Waals surface area contributed by atoms with Crippen LogP contribution in [-0.2, 0) is 0 Å². The topological polar surface area (TPSA) is 12.9 Å². The first-order valence-electron chi connectivity index (χ1n) is 3.52. The molecule has 0 spiro atoms. The van der Waals surface area contributed by atoms with Crippen molar-refractivity contribution in [2.45, 2.75) is 6.92 Å². The van der Waals surface area contributed by atoms with E-state index >= 15 is 0 Å². The maximum absolute atomic E-state index is 7.19. The molecule has 0 radical (unpaired) electrons. The Balaban J connectivity index is 3.28. The molecule has 0 aliphatic rings. The van der Waals surface area contributed by atoms with Crippen LogP contribution >= 0.6 is 0 Å². The molecular weight excluding hydrogens is 86.1 g/mol. The van der Waals surface area contributed by atoms with Crippen molar-refractivity contribution in [1.29, 1.82) is 0 Å². The highest BCUT2D eigenvalue weighted by Crippen LogP contribution is 1.85. The van der Waals surface area contributed by atoms with E-state index in [0.29, 0.717) is 5.69 Å². The Labute approximate surface area is 47.2 Å². The molecule has 1 heterocycles. The Hall–Kier alpha value is -0.850. The van der Waals surface area contributed by atoms with Gasteiger partial charge in [0.2, 0.25) is 0 Å². The Bertz CT molecular complexity index is 209. The molecule has 0 atom stereocenters. The normalized spacial score (nSPS) is 14.7. The summed E-state index contributed by atoms with van der Waals surface area (Å²) in [5.41, 5.74) is 0.501. The Morgan fingerprint density at radius 3 is 3.43 bits per heavy atom. The van der Waals surface area contributed by atoms with Crippen LogP contribution in [0.25, 0.3) is 0 Å². The van der Waals surface area contributed by atoms with E-state index < -0.39 is 0 Å². The van der Waals surface area contributed by atoms with E-state index in [0.717, 1.165) is 0 Å². The predicted octanol–water partition coefficient (Wildman–Crippen LogP) is 1.39. The second kappa shape index (κ2) is 1.73. The van der Waals surface area contributed by atoms with Crippen molar-refractivity contribution in [3.05, 3.63) is 30.0 Å². The summed E-state index contributed by atoms with van der Waals surface area (Å²) < 4.78 is 21.4. The lowest BCUT2D eigenvalue weighted by Gasteiger charge is -1.82. The summed E-state index contributed by atoms with van der Waals surface area (Å²) in [6.07, 6.45) is -0.0616. The third kappa shape index (κ3) is 1.000. The van der Waals surface area contributed by atoms with E-state index in [9.17, 15) is 0 Å². The maximum atomic E-state index is 7.19. The first-order chi connectivity index (χ1) is 4.61. The van der Waals surface area contributed by atoms with Crippen LogP contribution in [-0.4, -0.2) is 4.98 Å². The van der Waals surface area contributed by atoms with Crippen LogP contribution in [0.1, 0.15) is 9.81 Å². The molecular formula is C6H7N. The summed E-state index contributed by atoms with van der Waals surface area (Å²) in [7, 11) is 0. The maximum Gasteiger partial charge on any atom is 0.0840 e. The molecule has 0 aliphatic carbocycles. The lowest BCUT2D eigenvalue weighted by atomic mass is 10.4. The molecule has 1 nitrogen and oxygen atoms in total. The average Bonchev–Trinajstić information content (AvgIpc) is 1.84. The van der Waals surface area contributed by atoms with Crippen LogP contribution in [0.5, 0.6) is 0 Å². The molecule has 0 saturated heterocycles. The van der Waals surface area contributed by atoms with Crippen molar-refractivity contribution in [3.63, 3.8) is 0 Å². The van der Waals surface area contributed by atoms with Crippen LogP contribution in [0.15, 0.2) is 24.3 Å². The van der Waals surface area contributed by atoms with Gasteiger partial charge < -0.3 is 0 Å². The molecule has 0 N–H and O–H groups in total. The lowest BCUT2D eigenvalue weighted by Crippen LogP contribution is -1.72. The van der Waals surface area contributed by atoms with E-state index in [-0.39, 0.29) is 18.3 Å². The highest BCUT2D eigenvalue weighted by atomic mass is 14.6. The van der Waals surface area contributed by atoms with Gasteiger partial charge >= 0.3 is 0 Å². The van der Waals surface area contributed by atoms with E-state index in [2.05, 4.69) is 4.98 Å². The number of hydrogen-bond donors (Lipinski definition) is 0. The Morgan fingerprint density at radius 1 is 1.86 bits per heavy atom. The highest BCUT2D eigenvalue weighted by molar-refractivity contribution is 4.99. The predicted molar refractivity (Wildman–Crippen MR) is 29.0 cm³/mol. The van der Waals surface area contributed by atoms with Crippen LogP contribution in [0.4, 0.5) is 0 Å². The molecule has 0 aromatic carbocycles. The molecule has 0 unspecified atom stereocenters. The second-order valence-electron chi connectivity index (χ2n) is 1.24. The number of aromatic nitrogens is 1. The molecule has 0 aliphatic heterocycles. The van der Waals surface area contributed by atoms with Crippen LogP contribution < -0.4 is 0 Å². The van der Waals surface area contributed by atoms with Gasteiger partial charge in [-0.05, 0) is 19.0 Å². The number of nitrogens with zero attached hydrogens (tertiary/aromatic N) is 1. The van der Waals surface area contributed by atoms with Gasteiger partial charge in [-0.3, -0.25) is 4.98 Å². The van der Waals surface area contributed by atoms with Crippen LogP contribution in [0.2, 0.25) is 0 Å². The van der Waals surface area contributed by atoms with Crippen molar-refractivity contribution in [3.8, 4) is 0 Å². The first-order valence-corrected chi connectivity index (χ1v) is 2.02. The molecule has 1 aromatic rings. The fourth-order valence-corrected chi connectivity index (χ4v) is 0.321. The van der Waals surface area contributed by atoms with Crippen molar-refractivity contribution in [1.82, 2.24) is 4.98 Å². The molecule has 7 heavy (non-hydrogen) atoms. The quantitative estimate of drug-likeness (QED) is 0.475. The van der Waals surface area contributed by atoms with E-state index in [1.54, 1.807) is 6.92 Å². The SMILES string of the molecule is [2H]c1cc([2H])c(C)nc1[2H]. The lowest BCUT2D eigenvalue weighted by molar-refractivity contribution is 1.20. The van der Waals surface area contributed by atoms with Crippen molar-refractivity contribution in [2.24, 2.45) is 0 Å². The van der Waals surface area contributed by atoms with Crippen molar-refractivity contribution in [2.75, 3.05) is 0 Å². The zero-order valence-electron chi connectivity index (χ0n) is 7.02. The Kier molecular flexibility index (Phi) is 0.483. The van der Waals surface area contributed by atoms with Crippen LogP contribution in [0, 0.1) is 6.92 Å². The minimum atomic E-state index is -0.0616. The summed E-state index contributed by atoms with van der Waals surface area (Å²) in [5.74, 6) is 0. The molecule has 36 valence electrons. The summed E-state index contributed by atoms with van der Waals surface area (Å²) in [5, 5.41) is 0. The molecule has 0 amide bonds. The summed E-state index contributed by atoms with van der Waals surface area (Å²) in [6.45, 7) is 1.65.